The van der Waals surface area contributed by atoms with E-state index in [0.29, 0.717) is 17.8 Å². The van der Waals surface area contributed by atoms with Gasteiger partial charge in [-0.3, -0.25) is 4.79 Å². The van der Waals surface area contributed by atoms with Crippen molar-refractivity contribution >= 4 is 11.8 Å². The number of esters is 1. The third-order valence-electron chi connectivity index (χ3n) is 6.86. The molecule has 0 spiro atoms. The summed E-state index contributed by atoms with van der Waals surface area (Å²) in [4.78, 5) is 26.7. The van der Waals surface area contributed by atoms with Crippen molar-refractivity contribution in [2.45, 2.75) is 83.9 Å². The summed E-state index contributed by atoms with van der Waals surface area (Å²) in [7, 11) is 0. The van der Waals surface area contributed by atoms with Gasteiger partial charge in [-0.15, -0.1) is 0 Å². The Bertz CT molecular complexity index is 1030. The Labute approximate surface area is 192 Å². The number of alkyl halides is 3. The molecule has 0 radical (unpaired) electrons. The highest BCUT2D eigenvalue weighted by Crippen LogP contribution is 2.49. The lowest BCUT2D eigenvalue weighted by Crippen LogP contribution is -2.39. The fraction of sp³-hybridized carbons (Fsp3) is 0.538. The van der Waals surface area contributed by atoms with Crippen LogP contribution in [0.1, 0.15) is 82.8 Å². The number of allylic oxidation sites excluding steroid dienone is 3. The van der Waals surface area contributed by atoms with Crippen LogP contribution >= 0.6 is 0 Å². The van der Waals surface area contributed by atoms with Gasteiger partial charge in [-0.1, -0.05) is 38.5 Å². The molecule has 0 bridgehead atoms. The van der Waals surface area contributed by atoms with Crippen molar-refractivity contribution in [1.29, 1.82) is 0 Å². The van der Waals surface area contributed by atoms with Crippen LogP contribution in [0.25, 0.3) is 0 Å². The zero-order chi connectivity index (χ0) is 24.0. The van der Waals surface area contributed by atoms with E-state index in [1.807, 2.05) is 13.8 Å². The van der Waals surface area contributed by atoms with Crippen LogP contribution < -0.4 is 5.32 Å². The number of dihydropyridines is 1. The molecule has 1 N–H and O–H groups in total. The number of carbonyl (C=O) groups is 2. The van der Waals surface area contributed by atoms with Crippen LogP contribution in [-0.2, 0) is 20.5 Å². The van der Waals surface area contributed by atoms with Gasteiger partial charge in [0, 0.05) is 29.3 Å². The smallest absolute Gasteiger partial charge is 0.416 e. The summed E-state index contributed by atoms with van der Waals surface area (Å²) in [5.41, 5.74) is 0.166. The molecule has 7 heteroatoms. The first-order chi connectivity index (χ1) is 15.5. The first kappa shape index (κ1) is 23.6. The fourth-order valence-corrected chi connectivity index (χ4v) is 5.42. The Hall–Kier alpha value is -2.57. The van der Waals surface area contributed by atoms with Crippen LogP contribution in [0.2, 0.25) is 0 Å². The number of Topliss-reactive ketones (excluding diaryl/α,β-unsaturated/α-hetero) is 1. The van der Waals surface area contributed by atoms with Gasteiger partial charge in [0.05, 0.1) is 11.1 Å². The van der Waals surface area contributed by atoms with E-state index in [1.165, 1.54) is 18.2 Å². The van der Waals surface area contributed by atoms with Gasteiger partial charge in [-0.2, -0.15) is 13.2 Å². The summed E-state index contributed by atoms with van der Waals surface area (Å²) in [5.74, 6) is -1.98. The number of hydrogen-bond donors (Lipinski definition) is 1. The Morgan fingerprint density at radius 2 is 1.76 bits per heavy atom. The van der Waals surface area contributed by atoms with Gasteiger partial charge >= 0.3 is 12.1 Å². The van der Waals surface area contributed by atoms with Gasteiger partial charge in [0.25, 0.3) is 0 Å². The summed E-state index contributed by atoms with van der Waals surface area (Å²) in [6.45, 7) is 5.60. The molecule has 1 saturated carbocycles. The molecule has 1 heterocycles. The maximum Gasteiger partial charge on any atom is 0.416 e. The molecule has 0 aromatic heterocycles. The Morgan fingerprint density at radius 3 is 2.42 bits per heavy atom. The number of ether oxygens (including phenoxy) is 1. The molecule has 1 atom stereocenters. The Kier molecular flexibility index (Phi) is 6.18. The van der Waals surface area contributed by atoms with E-state index in [0.717, 1.165) is 38.2 Å². The SMILES string of the molecule is CC1=C(C(=O)OC2CCCCC2)C(c2ccccc2C(F)(F)F)C2=C(CC(C)(C)CC2=O)N1. The van der Waals surface area contributed by atoms with Crippen molar-refractivity contribution < 1.29 is 27.5 Å². The third kappa shape index (κ3) is 4.73. The van der Waals surface area contributed by atoms with Crippen LogP contribution in [0.4, 0.5) is 13.2 Å². The largest absolute Gasteiger partial charge is 0.459 e. The molecule has 33 heavy (non-hydrogen) atoms. The molecule has 178 valence electrons. The van der Waals surface area contributed by atoms with Gasteiger partial charge < -0.3 is 10.1 Å². The molecule has 2 aliphatic carbocycles. The van der Waals surface area contributed by atoms with Gasteiger partial charge in [0.15, 0.2) is 5.78 Å². The number of carbonyl (C=O) groups excluding carboxylic acids is 2. The van der Waals surface area contributed by atoms with E-state index < -0.39 is 23.6 Å². The van der Waals surface area contributed by atoms with Crippen LogP contribution in [0.5, 0.6) is 0 Å². The lowest BCUT2D eigenvalue weighted by Gasteiger charge is -2.40. The zero-order valence-electron chi connectivity index (χ0n) is 19.3. The molecular weight excluding hydrogens is 431 g/mol. The average Bonchev–Trinajstić information content (AvgIpc) is 2.71. The first-order valence-electron chi connectivity index (χ1n) is 11.6. The van der Waals surface area contributed by atoms with Crippen LogP contribution in [0, 0.1) is 5.41 Å². The Morgan fingerprint density at radius 1 is 1.09 bits per heavy atom. The van der Waals surface area contributed by atoms with E-state index in [2.05, 4.69) is 5.32 Å². The highest BCUT2D eigenvalue weighted by Gasteiger charge is 2.46. The highest BCUT2D eigenvalue weighted by atomic mass is 19.4. The number of benzene rings is 1. The van der Waals surface area contributed by atoms with Crippen molar-refractivity contribution in [3.05, 3.63) is 57.9 Å². The average molecular weight is 462 g/mol. The van der Waals surface area contributed by atoms with Crippen LogP contribution in [0.3, 0.4) is 0 Å². The molecule has 1 unspecified atom stereocenters. The standard InChI is InChI=1S/C26H30F3NO3/c1-15-21(24(32)33-16-9-5-4-6-10-16)22(17-11-7-8-12-18(17)26(27,28)29)23-19(30-15)13-25(2,3)14-20(23)31/h7-8,11-12,16,22,30H,4-6,9-10,13-14H2,1-3H3. The molecule has 1 aromatic carbocycles. The molecule has 0 amide bonds. The lowest BCUT2D eigenvalue weighted by atomic mass is 9.68. The Balaban J connectivity index is 1.84. The second-order valence-corrected chi connectivity index (χ2v) is 10.2. The number of rotatable bonds is 3. The van der Waals surface area contributed by atoms with Gasteiger partial charge in [-0.25, -0.2) is 4.79 Å². The van der Waals surface area contributed by atoms with Gasteiger partial charge in [0.2, 0.25) is 0 Å². The maximum absolute atomic E-state index is 14.0. The molecule has 3 aliphatic rings. The predicted molar refractivity (Wildman–Crippen MR) is 118 cm³/mol. The number of ketones is 1. The summed E-state index contributed by atoms with van der Waals surface area (Å²) < 4.78 is 47.8. The van der Waals surface area contributed by atoms with Gasteiger partial charge in [-0.05, 0) is 56.1 Å². The predicted octanol–water partition coefficient (Wildman–Crippen LogP) is 6.19. The third-order valence-corrected chi connectivity index (χ3v) is 6.86. The molecular formula is C26H30F3NO3. The van der Waals surface area contributed by atoms with Crippen molar-refractivity contribution in [1.82, 2.24) is 5.32 Å². The fourth-order valence-electron chi connectivity index (χ4n) is 5.42. The number of halogens is 3. The second kappa shape index (κ2) is 8.65. The minimum absolute atomic E-state index is 0.0815. The number of nitrogens with one attached hydrogen (secondary N) is 1. The molecule has 1 aliphatic heterocycles. The second-order valence-electron chi connectivity index (χ2n) is 10.2. The van der Waals surface area contributed by atoms with Crippen molar-refractivity contribution in [3.63, 3.8) is 0 Å². The minimum atomic E-state index is -4.62. The van der Waals surface area contributed by atoms with Crippen molar-refractivity contribution in [3.8, 4) is 0 Å². The normalized spacial score (nSPS) is 23.8. The van der Waals surface area contributed by atoms with E-state index in [1.54, 1.807) is 6.92 Å². The van der Waals surface area contributed by atoms with Crippen LogP contribution in [-0.4, -0.2) is 17.9 Å². The van der Waals surface area contributed by atoms with E-state index >= 15 is 0 Å². The van der Waals surface area contributed by atoms with E-state index in [-0.39, 0.29) is 40.4 Å². The van der Waals surface area contributed by atoms with Crippen molar-refractivity contribution in [2.24, 2.45) is 5.41 Å². The van der Waals surface area contributed by atoms with E-state index in [9.17, 15) is 22.8 Å². The minimum Gasteiger partial charge on any atom is -0.459 e. The van der Waals surface area contributed by atoms with Crippen LogP contribution in [0.15, 0.2) is 46.8 Å². The summed E-state index contributed by atoms with van der Waals surface area (Å²) in [6.07, 6.45) is 0.344. The zero-order valence-corrected chi connectivity index (χ0v) is 19.3. The van der Waals surface area contributed by atoms with Crippen molar-refractivity contribution in [2.75, 3.05) is 0 Å². The van der Waals surface area contributed by atoms with E-state index in [4.69, 9.17) is 4.74 Å². The molecule has 4 rings (SSSR count). The molecule has 0 saturated heterocycles. The highest BCUT2D eigenvalue weighted by molar-refractivity contribution is 6.04. The summed E-state index contributed by atoms with van der Waals surface area (Å²) in [5, 5.41) is 3.19. The van der Waals surface area contributed by atoms with Gasteiger partial charge in [0.1, 0.15) is 6.10 Å². The quantitative estimate of drug-likeness (QED) is 0.546. The lowest BCUT2D eigenvalue weighted by molar-refractivity contribution is -0.146. The summed E-state index contributed by atoms with van der Waals surface area (Å²) >= 11 is 0. The maximum atomic E-state index is 14.0. The first-order valence-corrected chi connectivity index (χ1v) is 11.6. The topological polar surface area (TPSA) is 55.4 Å². The number of hydrogen-bond acceptors (Lipinski definition) is 4. The molecule has 4 nitrogen and oxygen atoms in total. The molecule has 1 fully saturated rings. The monoisotopic (exact) mass is 461 g/mol. The summed E-state index contributed by atoms with van der Waals surface area (Å²) in [6, 6.07) is 5.22. The molecule has 1 aromatic rings.